The minimum Gasteiger partial charge on any atom is -0.356 e. The maximum absolute atomic E-state index is 12.8. The molecule has 2 amide bonds. The van der Waals surface area contributed by atoms with E-state index in [0.717, 1.165) is 17.7 Å². The first kappa shape index (κ1) is 19.9. The summed E-state index contributed by atoms with van der Waals surface area (Å²) in [5.41, 5.74) is 0.338. The lowest BCUT2D eigenvalue weighted by molar-refractivity contribution is -0.137. The van der Waals surface area contributed by atoms with E-state index in [2.05, 4.69) is 10.6 Å². The monoisotopic (exact) mass is 394 g/mol. The number of hydrogen-bond donors (Lipinski definition) is 2. The van der Waals surface area contributed by atoms with Crippen molar-refractivity contribution in [3.63, 3.8) is 0 Å². The molecule has 2 atom stereocenters. The van der Waals surface area contributed by atoms with E-state index in [1.807, 2.05) is 0 Å². The Labute approximate surface area is 158 Å². The van der Waals surface area contributed by atoms with Crippen LogP contribution >= 0.6 is 0 Å². The van der Waals surface area contributed by atoms with Gasteiger partial charge in [0.2, 0.25) is 11.8 Å². The second kappa shape index (κ2) is 8.00. The van der Waals surface area contributed by atoms with Gasteiger partial charge >= 0.3 is 6.18 Å². The van der Waals surface area contributed by atoms with Gasteiger partial charge < -0.3 is 10.6 Å². The van der Waals surface area contributed by atoms with Gasteiger partial charge in [0.25, 0.3) is 0 Å². The van der Waals surface area contributed by atoms with Crippen molar-refractivity contribution in [3.05, 3.63) is 65.5 Å². The molecule has 3 rings (SSSR count). The highest BCUT2D eigenvalue weighted by atomic mass is 19.4. The average molecular weight is 394 g/mol. The molecule has 1 fully saturated rings. The van der Waals surface area contributed by atoms with Gasteiger partial charge in [0.05, 0.1) is 17.4 Å². The molecule has 4 nitrogen and oxygen atoms in total. The van der Waals surface area contributed by atoms with Crippen LogP contribution in [0, 0.1) is 17.7 Å². The highest BCUT2D eigenvalue weighted by Crippen LogP contribution is 2.39. The molecule has 8 heteroatoms. The quantitative estimate of drug-likeness (QED) is 0.733. The maximum atomic E-state index is 12.8. The number of benzene rings is 2. The van der Waals surface area contributed by atoms with Crippen LogP contribution < -0.4 is 10.6 Å². The Balaban J connectivity index is 1.43. The molecule has 2 N–H and O–H groups in total. The van der Waals surface area contributed by atoms with Gasteiger partial charge in [-0.15, -0.1) is 0 Å². The molecule has 2 unspecified atom stereocenters. The highest BCUT2D eigenvalue weighted by Gasteiger charge is 2.47. The lowest BCUT2D eigenvalue weighted by Crippen LogP contribution is -2.29. The van der Waals surface area contributed by atoms with Gasteiger partial charge in [-0.3, -0.25) is 9.59 Å². The lowest BCUT2D eigenvalue weighted by Gasteiger charge is -2.09. The van der Waals surface area contributed by atoms with Crippen LogP contribution in [0.15, 0.2) is 48.5 Å². The van der Waals surface area contributed by atoms with Crippen LogP contribution in [0.25, 0.3) is 0 Å². The van der Waals surface area contributed by atoms with Gasteiger partial charge in [0, 0.05) is 12.2 Å². The summed E-state index contributed by atoms with van der Waals surface area (Å²) in [5.74, 6) is -1.89. The Morgan fingerprint density at radius 2 is 1.54 bits per heavy atom. The van der Waals surface area contributed by atoms with Crippen LogP contribution in [0.4, 0.5) is 23.2 Å². The number of carbonyl (C=O) groups is 2. The van der Waals surface area contributed by atoms with E-state index in [4.69, 9.17) is 0 Å². The normalized spacial score (nSPS) is 18.4. The summed E-state index contributed by atoms with van der Waals surface area (Å²) in [6.45, 7) is 0.369. The fourth-order valence-corrected chi connectivity index (χ4v) is 2.86. The van der Waals surface area contributed by atoms with Crippen molar-refractivity contribution >= 4 is 17.5 Å². The molecule has 1 aliphatic rings. The third kappa shape index (κ3) is 5.09. The van der Waals surface area contributed by atoms with Crippen LogP contribution in [-0.2, 0) is 22.2 Å². The van der Waals surface area contributed by atoms with Crippen LogP contribution in [0.5, 0.6) is 0 Å². The van der Waals surface area contributed by atoms with Gasteiger partial charge in [0.1, 0.15) is 5.82 Å². The van der Waals surface area contributed by atoms with Crippen molar-refractivity contribution in [1.29, 1.82) is 0 Å². The molecular formula is C20H18F4N2O2. The zero-order chi connectivity index (χ0) is 20.3. The molecule has 0 bridgehead atoms. The van der Waals surface area contributed by atoms with Gasteiger partial charge in [0.15, 0.2) is 0 Å². The molecule has 148 valence electrons. The van der Waals surface area contributed by atoms with E-state index in [0.29, 0.717) is 19.4 Å². The number of hydrogen-bond acceptors (Lipinski definition) is 2. The van der Waals surface area contributed by atoms with Gasteiger partial charge in [-0.05, 0) is 54.8 Å². The molecule has 2 aromatic rings. The highest BCUT2D eigenvalue weighted by molar-refractivity contribution is 5.99. The molecule has 0 radical (unpaired) electrons. The van der Waals surface area contributed by atoms with Crippen molar-refractivity contribution < 1.29 is 27.2 Å². The SMILES string of the molecule is O=C(NCCc1ccc(F)cc1)C1CC1C(=O)Nc1ccc(C(F)(F)F)cc1. The molecular weight excluding hydrogens is 376 g/mol. The molecule has 0 heterocycles. The Kier molecular flexibility index (Phi) is 5.67. The summed E-state index contributed by atoms with van der Waals surface area (Å²) >= 11 is 0. The molecule has 0 saturated heterocycles. The first-order valence-corrected chi connectivity index (χ1v) is 8.74. The lowest BCUT2D eigenvalue weighted by atomic mass is 10.1. The van der Waals surface area contributed by atoms with Crippen molar-refractivity contribution in [2.24, 2.45) is 11.8 Å². The minimum atomic E-state index is -4.43. The van der Waals surface area contributed by atoms with E-state index in [9.17, 15) is 27.2 Å². The number of amides is 2. The van der Waals surface area contributed by atoms with Crippen LogP contribution in [0.2, 0.25) is 0 Å². The second-order valence-electron chi connectivity index (χ2n) is 6.68. The van der Waals surface area contributed by atoms with E-state index in [1.54, 1.807) is 12.1 Å². The van der Waals surface area contributed by atoms with E-state index in [-0.39, 0.29) is 17.4 Å². The third-order valence-corrected chi connectivity index (χ3v) is 4.57. The summed E-state index contributed by atoms with van der Waals surface area (Å²) in [5, 5.41) is 5.28. The maximum Gasteiger partial charge on any atom is 0.416 e. The minimum absolute atomic E-state index is 0.241. The number of anilines is 1. The average Bonchev–Trinajstić information content (AvgIpc) is 3.44. The second-order valence-corrected chi connectivity index (χ2v) is 6.68. The molecule has 0 aliphatic heterocycles. The zero-order valence-electron chi connectivity index (χ0n) is 14.7. The number of nitrogens with one attached hydrogen (secondary N) is 2. The largest absolute Gasteiger partial charge is 0.416 e. The molecule has 28 heavy (non-hydrogen) atoms. The van der Waals surface area contributed by atoms with Crippen LogP contribution in [0.3, 0.4) is 0 Å². The molecule has 0 aromatic heterocycles. The summed E-state index contributed by atoms with van der Waals surface area (Å²) in [6.07, 6.45) is -3.49. The fourth-order valence-electron chi connectivity index (χ4n) is 2.86. The Morgan fingerprint density at radius 3 is 2.14 bits per heavy atom. The third-order valence-electron chi connectivity index (χ3n) is 4.57. The number of halogens is 4. The standard InChI is InChI=1S/C20H18F4N2O2/c21-14-5-1-12(2-6-14)9-10-25-18(27)16-11-17(16)19(28)26-15-7-3-13(4-8-15)20(22,23)24/h1-8,16-17H,9-11H2,(H,25,27)(H,26,28). The van der Waals surface area contributed by atoms with Crippen molar-refractivity contribution in [3.8, 4) is 0 Å². The summed E-state index contributed by atoms with van der Waals surface area (Å²) in [6, 6.07) is 10.1. The van der Waals surface area contributed by atoms with Crippen molar-refractivity contribution in [2.45, 2.75) is 19.0 Å². The topological polar surface area (TPSA) is 58.2 Å². The summed E-state index contributed by atoms with van der Waals surface area (Å²) in [4.78, 5) is 24.2. The molecule has 1 aliphatic carbocycles. The van der Waals surface area contributed by atoms with Crippen molar-refractivity contribution in [1.82, 2.24) is 5.32 Å². The Morgan fingerprint density at radius 1 is 0.929 bits per heavy atom. The van der Waals surface area contributed by atoms with E-state index in [1.165, 1.54) is 24.3 Å². The Hall–Kier alpha value is -2.90. The van der Waals surface area contributed by atoms with E-state index < -0.39 is 29.5 Å². The predicted molar refractivity (Wildman–Crippen MR) is 94.8 cm³/mol. The first-order chi connectivity index (χ1) is 13.2. The molecule has 1 saturated carbocycles. The van der Waals surface area contributed by atoms with Gasteiger partial charge in [-0.2, -0.15) is 13.2 Å². The van der Waals surface area contributed by atoms with Crippen LogP contribution in [-0.4, -0.2) is 18.4 Å². The number of carbonyl (C=O) groups excluding carboxylic acids is 2. The van der Waals surface area contributed by atoms with E-state index >= 15 is 0 Å². The van der Waals surface area contributed by atoms with Gasteiger partial charge in [-0.1, -0.05) is 12.1 Å². The number of rotatable bonds is 6. The Bertz CT molecular complexity index is 848. The molecule has 0 spiro atoms. The van der Waals surface area contributed by atoms with Gasteiger partial charge in [-0.25, -0.2) is 4.39 Å². The van der Waals surface area contributed by atoms with Crippen molar-refractivity contribution in [2.75, 3.05) is 11.9 Å². The predicted octanol–water partition coefficient (Wildman–Crippen LogP) is 3.78. The fraction of sp³-hybridized carbons (Fsp3) is 0.300. The first-order valence-electron chi connectivity index (χ1n) is 8.74. The smallest absolute Gasteiger partial charge is 0.356 e. The number of alkyl halides is 3. The zero-order valence-corrected chi connectivity index (χ0v) is 14.7. The van der Waals surface area contributed by atoms with Crippen LogP contribution in [0.1, 0.15) is 17.5 Å². The molecule has 2 aromatic carbocycles. The summed E-state index contributed by atoms with van der Waals surface area (Å²) < 4.78 is 50.5. The summed E-state index contributed by atoms with van der Waals surface area (Å²) in [7, 11) is 0.